The zero-order valence-corrected chi connectivity index (χ0v) is 18.9. The number of aryl methyl sites for hydroxylation is 1. The van der Waals surface area contributed by atoms with Gasteiger partial charge in [-0.05, 0) is 45.0 Å². The Bertz CT molecular complexity index is 1050. The third-order valence-corrected chi connectivity index (χ3v) is 6.60. The van der Waals surface area contributed by atoms with Gasteiger partial charge in [-0.25, -0.2) is 4.79 Å². The first-order valence-electron chi connectivity index (χ1n) is 10.4. The smallest absolute Gasteiger partial charge is 0.338 e. The van der Waals surface area contributed by atoms with Crippen LogP contribution in [0.2, 0.25) is 0 Å². The second-order valence-corrected chi connectivity index (χ2v) is 9.83. The van der Waals surface area contributed by atoms with Crippen LogP contribution in [0.3, 0.4) is 0 Å². The predicted molar refractivity (Wildman–Crippen MR) is 113 cm³/mol. The molecule has 0 aliphatic carbocycles. The summed E-state index contributed by atoms with van der Waals surface area (Å²) in [6.45, 7) is 5.32. The number of carbonyl (C=O) groups is 1. The van der Waals surface area contributed by atoms with Gasteiger partial charge in [0.1, 0.15) is 12.2 Å². The number of hydrogen-bond donors (Lipinski definition) is 0. The number of fused-ring (bicyclic) bond motifs is 1. The van der Waals surface area contributed by atoms with Gasteiger partial charge in [-0.3, -0.25) is 4.18 Å². The maximum absolute atomic E-state index is 12.9. The van der Waals surface area contributed by atoms with Crippen molar-refractivity contribution in [3.63, 3.8) is 0 Å². The molecule has 2 saturated heterocycles. The Kier molecular flexibility index (Phi) is 6.37. The van der Waals surface area contributed by atoms with Crippen LogP contribution in [0.4, 0.5) is 0 Å². The molecule has 2 fully saturated rings. The lowest BCUT2D eigenvalue weighted by Gasteiger charge is -2.25. The highest BCUT2D eigenvalue weighted by Gasteiger charge is 2.56. The molecule has 2 heterocycles. The number of ether oxygens (including phenoxy) is 4. The van der Waals surface area contributed by atoms with Crippen molar-refractivity contribution in [2.24, 2.45) is 0 Å². The normalized spacial score (nSPS) is 26.6. The van der Waals surface area contributed by atoms with E-state index in [1.165, 1.54) is 12.1 Å². The van der Waals surface area contributed by atoms with E-state index in [0.717, 1.165) is 5.56 Å². The van der Waals surface area contributed by atoms with Crippen molar-refractivity contribution >= 4 is 16.1 Å². The standard InChI is InChI=1S/C23H26O8S/c1-15-9-11-17(12-10-15)32(25,26)31-19-18(28-22-20(19)29-23(2,3)30-22)13-14-27-21(24)16-7-5-4-6-8-16/h4-12,18-20,22H,13-14H2,1-3H3/t18-,19+,20-,22-/m1/s1. The van der Waals surface area contributed by atoms with Crippen molar-refractivity contribution in [1.82, 2.24) is 0 Å². The second-order valence-electron chi connectivity index (χ2n) is 8.26. The molecule has 4 rings (SSSR count). The van der Waals surface area contributed by atoms with Crippen LogP contribution >= 0.6 is 0 Å². The molecule has 0 saturated carbocycles. The molecule has 2 aliphatic heterocycles. The molecule has 0 aromatic heterocycles. The number of esters is 1. The van der Waals surface area contributed by atoms with Gasteiger partial charge in [0.05, 0.1) is 23.2 Å². The number of carbonyl (C=O) groups excluding carboxylic acids is 1. The summed E-state index contributed by atoms with van der Waals surface area (Å²) in [7, 11) is -4.08. The Balaban J connectivity index is 1.46. The SMILES string of the molecule is Cc1ccc(S(=O)(=O)O[C@@H]2[C@H]3OC(C)(C)O[C@H]3O[C@@H]2CCOC(=O)c2ccccc2)cc1. The Morgan fingerprint density at radius 1 is 1.03 bits per heavy atom. The highest BCUT2D eigenvalue weighted by atomic mass is 32.2. The molecule has 2 aromatic carbocycles. The number of hydrogen-bond acceptors (Lipinski definition) is 8. The van der Waals surface area contributed by atoms with Crippen LogP contribution in [0.5, 0.6) is 0 Å². The highest BCUT2D eigenvalue weighted by Crippen LogP contribution is 2.40. The summed E-state index contributed by atoms with van der Waals surface area (Å²) in [6, 6.07) is 15.0. The first-order valence-corrected chi connectivity index (χ1v) is 11.8. The zero-order valence-electron chi connectivity index (χ0n) is 18.1. The van der Waals surface area contributed by atoms with Gasteiger partial charge >= 0.3 is 5.97 Å². The molecule has 32 heavy (non-hydrogen) atoms. The Labute approximate surface area is 187 Å². The maximum atomic E-state index is 12.9. The summed E-state index contributed by atoms with van der Waals surface area (Å²) in [4.78, 5) is 12.2. The Hall–Kier alpha value is -2.30. The topological polar surface area (TPSA) is 97.4 Å². The van der Waals surface area contributed by atoms with Crippen LogP contribution in [-0.4, -0.2) is 51.4 Å². The van der Waals surface area contributed by atoms with Crippen molar-refractivity contribution in [2.75, 3.05) is 6.61 Å². The molecule has 9 heteroatoms. The van der Waals surface area contributed by atoms with Crippen LogP contribution in [0.15, 0.2) is 59.5 Å². The molecule has 0 radical (unpaired) electrons. The van der Waals surface area contributed by atoms with E-state index in [-0.39, 0.29) is 17.9 Å². The van der Waals surface area contributed by atoms with Crippen molar-refractivity contribution in [2.45, 2.75) is 62.5 Å². The Morgan fingerprint density at radius 2 is 1.72 bits per heavy atom. The summed E-state index contributed by atoms with van der Waals surface area (Å²) < 4.78 is 54.2. The first kappa shape index (κ1) is 22.9. The van der Waals surface area contributed by atoms with Crippen LogP contribution in [0, 0.1) is 6.92 Å². The first-order chi connectivity index (χ1) is 15.1. The van der Waals surface area contributed by atoms with Gasteiger partial charge in [0.15, 0.2) is 12.1 Å². The van der Waals surface area contributed by atoms with Crippen LogP contribution in [-0.2, 0) is 33.2 Å². The van der Waals surface area contributed by atoms with Crippen LogP contribution in [0.25, 0.3) is 0 Å². The fourth-order valence-electron chi connectivity index (χ4n) is 3.73. The minimum absolute atomic E-state index is 0.0195. The lowest BCUT2D eigenvalue weighted by atomic mass is 10.1. The van der Waals surface area contributed by atoms with Gasteiger partial charge < -0.3 is 18.9 Å². The van der Waals surface area contributed by atoms with Gasteiger partial charge in [-0.15, -0.1) is 0 Å². The van der Waals surface area contributed by atoms with E-state index in [1.807, 2.05) is 6.92 Å². The molecule has 172 valence electrons. The molecule has 0 spiro atoms. The van der Waals surface area contributed by atoms with E-state index in [2.05, 4.69) is 0 Å². The van der Waals surface area contributed by atoms with E-state index < -0.39 is 46.5 Å². The molecule has 0 unspecified atom stereocenters. The van der Waals surface area contributed by atoms with Crippen molar-refractivity contribution in [3.05, 3.63) is 65.7 Å². The molecule has 0 N–H and O–H groups in total. The lowest BCUT2D eigenvalue weighted by molar-refractivity contribution is -0.214. The van der Waals surface area contributed by atoms with E-state index in [1.54, 1.807) is 56.3 Å². The molecular formula is C23H26O8S. The van der Waals surface area contributed by atoms with Gasteiger partial charge in [0, 0.05) is 6.42 Å². The van der Waals surface area contributed by atoms with Gasteiger partial charge in [0.2, 0.25) is 0 Å². The minimum atomic E-state index is -4.08. The monoisotopic (exact) mass is 462 g/mol. The van der Waals surface area contributed by atoms with E-state index >= 15 is 0 Å². The van der Waals surface area contributed by atoms with Gasteiger partial charge in [0.25, 0.3) is 10.1 Å². The highest BCUT2D eigenvalue weighted by molar-refractivity contribution is 7.86. The number of benzene rings is 2. The summed E-state index contributed by atoms with van der Waals surface area (Å²) in [5.74, 6) is -1.41. The van der Waals surface area contributed by atoms with Crippen molar-refractivity contribution < 1.29 is 36.3 Å². The van der Waals surface area contributed by atoms with Crippen molar-refractivity contribution in [3.8, 4) is 0 Å². The third kappa shape index (κ3) is 5.02. The molecular weight excluding hydrogens is 436 g/mol. The molecule has 0 bridgehead atoms. The van der Waals surface area contributed by atoms with Crippen molar-refractivity contribution in [1.29, 1.82) is 0 Å². The number of rotatable bonds is 7. The average Bonchev–Trinajstić information content (AvgIpc) is 3.20. The molecule has 0 amide bonds. The zero-order chi connectivity index (χ0) is 22.9. The quantitative estimate of drug-likeness (QED) is 0.457. The minimum Gasteiger partial charge on any atom is -0.462 e. The van der Waals surface area contributed by atoms with Crippen LogP contribution < -0.4 is 0 Å². The molecule has 4 atom stereocenters. The molecule has 2 aliphatic rings. The summed E-state index contributed by atoms with van der Waals surface area (Å²) >= 11 is 0. The van der Waals surface area contributed by atoms with Gasteiger partial charge in [-0.1, -0.05) is 35.9 Å². The second kappa shape index (κ2) is 8.92. The van der Waals surface area contributed by atoms with Crippen LogP contribution in [0.1, 0.15) is 36.2 Å². The van der Waals surface area contributed by atoms with E-state index in [0.29, 0.717) is 5.56 Å². The molecule has 8 nitrogen and oxygen atoms in total. The fourth-order valence-corrected chi connectivity index (χ4v) is 4.83. The predicted octanol–water partition coefficient (Wildman–Crippen LogP) is 3.19. The van der Waals surface area contributed by atoms with E-state index in [9.17, 15) is 13.2 Å². The Morgan fingerprint density at radius 3 is 2.41 bits per heavy atom. The average molecular weight is 463 g/mol. The third-order valence-electron chi connectivity index (χ3n) is 5.28. The summed E-state index contributed by atoms with van der Waals surface area (Å²) in [6.07, 6.45) is -2.96. The maximum Gasteiger partial charge on any atom is 0.338 e. The summed E-state index contributed by atoms with van der Waals surface area (Å²) in [5.41, 5.74) is 1.36. The lowest BCUT2D eigenvalue weighted by Crippen LogP contribution is -2.39. The summed E-state index contributed by atoms with van der Waals surface area (Å²) in [5, 5.41) is 0. The largest absolute Gasteiger partial charge is 0.462 e. The van der Waals surface area contributed by atoms with Gasteiger partial charge in [-0.2, -0.15) is 8.42 Å². The van der Waals surface area contributed by atoms with E-state index in [4.69, 9.17) is 23.1 Å². The molecule has 2 aromatic rings. The fraction of sp³-hybridized carbons (Fsp3) is 0.435.